The van der Waals surface area contributed by atoms with Crippen molar-refractivity contribution in [2.24, 2.45) is 0 Å². The predicted molar refractivity (Wildman–Crippen MR) is 83.1 cm³/mol. The molecule has 0 bridgehead atoms. The third-order valence-corrected chi connectivity index (χ3v) is 4.30. The molecule has 1 heterocycles. The minimum absolute atomic E-state index is 0.485. The van der Waals surface area contributed by atoms with Gasteiger partial charge in [-0.2, -0.15) is 0 Å². The maximum absolute atomic E-state index is 6.14. The highest BCUT2D eigenvalue weighted by Crippen LogP contribution is 2.26. The van der Waals surface area contributed by atoms with Gasteiger partial charge in [-0.05, 0) is 25.0 Å². The topological polar surface area (TPSA) is 51.0 Å². The molecule has 0 unspecified atom stereocenters. The second-order valence-corrected chi connectivity index (χ2v) is 5.96. The summed E-state index contributed by atoms with van der Waals surface area (Å²) >= 11 is 6.14. The Morgan fingerprint density at radius 3 is 2.62 bits per heavy atom. The first-order valence-electron chi connectivity index (χ1n) is 7.63. The normalized spacial score (nSPS) is 16.8. The number of rotatable bonds is 4. The number of halogens is 1. The third kappa shape index (κ3) is 3.83. The number of hydrogen-bond donors (Lipinski definition) is 1. The first kappa shape index (κ1) is 14.5. The van der Waals surface area contributed by atoms with Crippen LogP contribution in [0.1, 0.15) is 44.4 Å². The summed E-state index contributed by atoms with van der Waals surface area (Å²) in [6.07, 6.45) is 7.82. The Morgan fingerprint density at radius 1 is 1.10 bits per heavy atom. The summed E-state index contributed by atoms with van der Waals surface area (Å²) in [6, 6.07) is 8.08. The van der Waals surface area contributed by atoms with Crippen molar-refractivity contribution in [1.82, 2.24) is 15.5 Å². The van der Waals surface area contributed by atoms with E-state index in [2.05, 4.69) is 15.5 Å². The molecule has 0 aliphatic heterocycles. The lowest BCUT2D eigenvalue weighted by Gasteiger charge is -2.14. The molecule has 3 rings (SSSR count). The van der Waals surface area contributed by atoms with Gasteiger partial charge in [-0.1, -0.05) is 49.4 Å². The van der Waals surface area contributed by atoms with Crippen LogP contribution in [0.5, 0.6) is 0 Å². The van der Waals surface area contributed by atoms with Crippen LogP contribution in [-0.2, 0) is 6.54 Å². The maximum Gasteiger partial charge on any atom is 0.249 e. The highest BCUT2D eigenvalue weighted by Gasteiger charge is 2.14. The summed E-state index contributed by atoms with van der Waals surface area (Å²) < 4.78 is 5.70. The van der Waals surface area contributed by atoms with E-state index in [0.717, 1.165) is 5.56 Å². The molecule has 0 amide bonds. The number of benzene rings is 1. The van der Waals surface area contributed by atoms with Crippen molar-refractivity contribution >= 4 is 11.6 Å². The zero-order chi connectivity index (χ0) is 14.5. The van der Waals surface area contributed by atoms with Crippen LogP contribution in [0.15, 0.2) is 28.7 Å². The van der Waals surface area contributed by atoms with Crippen molar-refractivity contribution < 1.29 is 4.42 Å². The van der Waals surface area contributed by atoms with Crippen molar-refractivity contribution in [3.63, 3.8) is 0 Å². The van der Waals surface area contributed by atoms with Crippen LogP contribution in [-0.4, -0.2) is 16.2 Å². The van der Waals surface area contributed by atoms with Crippen LogP contribution in [0.25, 0.3) is 11.5 Å². The van der Waals surface area contributed by atoms with Crippen LogP contribution >= 0.6 is 11.6 Å². The van der Waals surface area contributed by atoms with Crippen LogP contribution in [0.3, 0.4) is 0 Å². The number of nitrogens with one attached hydrogen (secondary N) is 1. The Balaban J connectivity index is 1.61. The fourth-order valence-corrected chi connectivity index (χ4v) is 3.00. The van der Waals surface area contributed by atoms with Gasteiger partial charge in [0.1, 0.15) is 0 Å². The Morgan fingerprint density at radius 2 is 1.86 bits per heavy atom. The monoisotopic (exact) mass is 305 g/mol. The zero-order valence-electron chi connectivity index (χ0n) is 12.0. The number of nitrogens with zero attached hydrogens (tertiary/aromatic N) is 2. The first-order valence-corrected chi connectivity index (χ1v) is 8.01. The fourth-order valence-electron chi connectivity index (χ4n) is 2.78. The first-order chi connectivity index (χ1) is 10.3. The van der Waals surface area contributed by atoms with E-state index in [-0.39, 0.29) is 0 Å². The van der Waals surface area contributed by atoms with Gasteiger partial charge in [-0.15, -0.1) is 10.2 Å². The van der Waals surface area contributed by atoms with Crippen molar-refractivity contribution in [3.8, 4) is 11.5 Å². The zero-order valence-corrected chi connectivity index (χ0v) is 12.8. The lowest BCUT2D eigenvalue weighted by molar-refractivity contribution is 0.411. The molecule has 1 aromatic carbocycles. The molecule has 1 aliphatic carbocycles. The standard InChI is InChI=1S/C16H20ClN3O/c17-14-10-6-5-9-13(14)16-20-19-15(21-16)11-18-12-7-3-1-2-4-8-12/h5-6,9-10,12,18H,1-4,7-8,11H2. The lowest BCUT2D eigenvalue weighted by atomic mass is 10.1. The third-order valence-electron chi connectivity index (χ3n) is 3.97. The number of hydrogen-bond acceptors (Lipinski definition) is 4. The van der Waals surface area contributed by atoms with E-state index in [1.165, 1.54) is 38.5 Å². The molecule has 1 N–H and O–H groups in total. The molecule has 4 nitrogen and oxygen atoms in total. The van der Waals surface area contributed by atoms with Crippen LogP contribution < -0.4 is 5.32 Å². The van der Waals surface area contributed by atoms with Crippen molar-refractivity contribution in [1.29, 1.82) is 0 Å². The van der Waals surface area contributed by atoms with Gasteiger partial charge in [0.05, 0.1) is 17.1 Å². The second kappa shape index (κ2) is 7.05. The number of aromatic nitrogens is 2. The van der Waals surface area contributed by atoms with Gasteiger partial charge in [0.15, 0.2) is 0 Å². The average molecular weight is 306 g/mol. The second-order valence-electron chi connectivity index (χ2n) is 5.55. The summed E-state index contributed by atoms with van der Waals surface area (Å²) in [6.45, 7) is 0.627. The molecule has 1 aromatic heterocycles. The van der Waals surface area contributed by atoms with Crippen molar-refractivity contribution in [3.05, 3.63) is 35.2 Å². The minimum atomic E-state index is 0.485. The van der Waals surface area contributed by atoms with Gasteiger partial charge in [0, 0.05) is 6.04 Å². The van der Waals surface area contributed by atoms with Crippen LogP contribution in [0.4, 0.5) is 0 Å². The smallest absolute Gasteiger partial charge is 0.249 e. The van der Waals surface area contributed by atoms with E-state index in [0.29, 0.717) is 29.4 Å². The quantitative estimate of drug-likeness (QED) is 0.860. The van der Waals surface area contributed by atoms with E-state index < -0.39 is 0 Å². The van der Waals surface area contributed by atoms with E-state index in [4.69, 9.17) is 16.0 Å². The van der Waals surface area contributed by atoms with Gasteiger partial charge >= 0.3 is 0 Å². The molecule has 0 saturated heterocycles. The average Bonchev–Trinajstić information content (AvgIpc) is 2.81. The summed E-state index contributed by atoms with van der Waals surface area (Å²) in [5, 5.41) is 12.3. The summed E-state index contributed by atoms with van der Waals surface area (Å²) in [7, 11) is 0. The Labute approximate surface area is 129 Å². The molecule has 0 atom stereocenters. The van der Waals surface area contributed by atoms with Gasteiger partial charge in [-0.25, -0.2) is 0 Å². The van der Waals surface area contributed by atoms with E-state index in [1.807, 2.05) is 24.3 Å². The van der Waals surface area contributed by atoms with Gasteiger partial charge in [-0.3, -0.25) is 0 Å². The van der Waals surface area contributed by atoms with Gasteiger partial charge < -0.3 is 9.73 Å². The minimum Gasteiger partial charge on any atom is -0.419 e. The molecular weight excluding hydrogens is 286 g/mol. The van der Waals surface area contributed by atoms with E-state index in [1.54, 1.807) is 0 Å². The Hall–Kier alpha value is -1.39. The molecule has 112 valence electrons. The van der Waals surface area contributed by atoms with Crippen LogP contribution in [0, 0.1) is 0 Å². The molecule has 21 heavy (non-hydrogen) atoms. The highest BCUT2D eigenvalue weighted by molar-refractivity contribution is 6.33. The summed E-state index contributed by atoms with van der Waals surface area (Å²) in [4.78, 5) is 0. The largest absolute Gasteiger partial charge is 0.419 e. The highest BCUT2D eigenvalue weighted by atomic mass is 35.5. The Kier molecular flexibility index (Phi) is 4.88. The summed E-state index contributed by atoms with van der Waals surface area (Å²) in [5.74, 6) is 1.10. The SMILES string of the molecule is Clc1ccccc1-c1nnc(CNC2CCCCCC2)o1. The molecule has 0 spiro atoms. The molecule has 1 aliphatic rings. The van der Waals surface area contributed by atoms with Crippen molar-refractivity contribution in [2.75, 3.05) is 0 Å². The van der Waals surface area contributed by atoms with Gasteiger partial charge in [0.25, 0.3) is 0 Å². The molecular formula is C16H20ClN3O. The molecule has 5 heteroatoms. The maximum atomic E-state index is 6.14. The molecule has 1 saturated carbocycles. The van der Waals surface area contributed by atoms with E-state index in [9.17, 15) is 0 Å². The molecule has 1 fully saturated rings. The predicted octanol–water partition coefficient (Wildman–Crippen LogP) is 4.20. The van der Waals surface area contributed by atoms with Crippen molar-refractivity contribution in [2.45, 2.75) is 51.1 Å². The van der Waals surface area contributed by atoms with E-state index >= 15 is 0 Å². The molecule has 0 radical (unpaired) electrons. The summed E-state index contributed by atoms with van der Waals surface area (Å²) in [5.41, 5.74) is 0.785. The van der Waals surface area contributed by atoms with Gasteiger partial charge in [0.2, 0.25) is 11.8 Å². The fraction of sp³-hybridized carbons (Fsp3) is 0.500. The Bertz CT molecular complexity index is 576. The lowest BCUT2D eigenvalue weighted by Crippen LogP contribution is -2.27. The van der Waals surface area contributed by atoms with Crippen LogP contribution in [0.2, 0.25) is 5.02 Å². The molecule has 2 aromatic rings.